The van der Waals surface area contributed by atoms with E-state index in [1.54, 1.807) is 0 Å². The van der Waals surface area contributed by atoms with Gasteiger partial charge in [-0.25, -0.2) is 0 Å². The summed E-state index contributed by atoms with van der Waals surface area (Å²) in [5.74, 6) is 2.35. The molecule has 0 aliphatic heterocycles. The summed E-state index contributed by atoms with van der Waals surface area (Å²) in [5, 5.41) is 3.45. The highest BCUT2D eigenvalue weighted by Gasteiger charge is 2.22. The van der Waals surface area contributed by atoms with Crippen molar-refractivity contribution in [3.8, 4) is 5.75 Å². The number of hydrogen-bond acceptors (Lipinski definition) is 2. The van der Waals surface area contributed by atoms with Crippen LogP contribution in [0.15, 0.2) is 24.3 Å². The van der Waals surface area contributed by atoms with Gasteiger partial charge in [0.2, 0.25) is 0 Å². The van der Waals surface area contributed by atoms with Crippen LogP contribution >= 0.6 is 0 Å². The van der Waals surface area contributed by atoms with Crippen LogP contribution in [0, 0.1) is 5.92 Å². The van der Waals surface area contributed by atoms with Crippen molar-refractivity contribution in [1.82, 2.24) is 5.32 Å². The average Bonchev–Trinajstić information content (AvgIpc) is 2.49. The van der Waals surface area contributed by atoms with E-state index in [4.69, 9.17) is 4.74 Å². The van der Waals surface area contributed by atoms with Gasteiger partial charge in [-0.2, -0.15) is 0 Å². The third-order valence-corrected chi connectivity index (χ3v) is 4.57. The molecule has 2 nitrogen and oxygen atoms in total. The molecule has 0 radical (unpaired) electrons. The molecule has 20 heavy (non-hydrogen) atoms. The minimum absolute atomic E-state index is 0.486. The first-order chi connectivity index (χ1) is 9.70. The van der Waals surface area contributed by atoms with E-state index in [1.807, 2.05) is 0 Å². The van der Waals surface area contributed by atoms with Gasteiger partial charge in [0.05, 0.1) is 0 Å². The van der Waals surface area contributed by atoms with Gasteiger partial charge in [-0.15, -0.1) is 0 Å². The molecule has 0 amide bonds. The lowest BCUT2D eigenvalue weighted by atomic mass is 9.84. The van der Waals surface area contributed by atoms with E-state index in [0.717, 1.165) is 18.3 Å². The van der Waals surface area contributed by atoms with Gasteiger partial charge in [-0.05, 0) is 49.4 Å². The van der Waals surface area contributed by atoms with Crippen molar-refractivity contribution >= 4 is 0 Å². The molecule has 1 unspecified atom stereocenters. The van der Waals surface area contributed by atoms with Crippen molar-refractivity contribution < 1.29 is 4.74 Å². The number of likely N-dealkylation sites (N-methyl/N-ethyl adjacent to an activating group) is 1. The second-order valence-electron chi connectivity index (χ2n) is 6.33. The predicted molar refractivity (Wildman–Crippen MR) is 85.4 cm³/mol. The Morgan fingerprint density at radius 1 is 1.10 bits per heavy atom. The van der Waals surface area contributed by atoms with Crippen molar-refractivity contribution in [3.63, 3.8) is 0 Å². The topological polar surface area (TPSA) is 21.3 Å². The zero-order valence-corrected chi connectivity index (χ0v) is 13.2. The second kappa shape index (κ2) is 7.68. The van der Waals surface area contributed by atoms with Crippen LogP contribution in [-0.4, -0.2) is 19.7 Å². The predicted octanol–water partition coefficient (Wildman–Crippen LogP) is 4.36. The van der Waals surface area contributed by atoms with E-state index in [2.05, 4.69) is 50.5 Å². The zero-order chi connectivity index (χ0) is 14.4. The van der Waals surface area contributed by atoms with Crippen LogP contribution in [0.3, 0.4) is 0 Å². The minimum atomic E-state index is 0.486. The van der Waals surface area contributed by atoms with Gasteiger partial charge < -0.3 is 10.1 Å². The van der Waals surface area contributed by atoms with Gasteiger partial charge in [0.25, 0.3) is 0 Å². The van der Waals surface area contributed by atoms with Gasteiger partial charge in [-0.1, -0.05) is 45.2 Å². The van der Waals surface area contributed by atoms with E-state index in [0.29, 0.717) is 12.0 Å². The van der Waals surface area contributed by atoms with Crippen molar-refractivity contribution in [2.75, 3.05) is 13.7 Å². The Bertz CT molecular complexity index is 379. The Labute approximate surface area is 123 Å². The summed E-state index contributed by atoms with van der Waals surface area (Å²) < 4.78 is 5.98. The lowest BCUT2D eigenvalue weighted by Gasteiger charge is -2.30. The molecule has 0 aromatic heterocycles. The molecule has 1 aliphatic carbocycles. The highest BCUT2D eigenvalue weighted by molar-refractivity contribution is 5.28. The van der Waals surface area contributed by atoms with E-state index >= 15 is 0 Å². The number of ether oxygens (including phenoxy) is 1. The molecule has 1 saturated carbocycles. The third kappa shape index (κ3) is 4.24. The maximum absolute atomic E-state index is 5.98. The van der Waals surface area contributed by atoms with Crippen LogP contribution in [0.2, 0.25) is 0 Å². The second-order valence-corrected chi connectivity index (χ2v) is 6.33. The van der Waals surface area contributed by atoms with Crippen molar-refractivity contribution in [2.45, 2.75) is 57.9 Å². The summed E-state index contributed by atoms with van der Waals surface area (Å²) in [6.45, 7) is 5.22. The molecule has 2 rings (SSSR count). The number of nitrogens with one attached hydrogen (secondary N) is 1. The Kier molecular flexibility index (Phi) is 5.90. The number of benzene rings is 1. The van der Waals surface area contributed by atoms with E-state index in [-0.39, 0.29) is 0 Å². The molecule has 1 aliphatic rings. The van der Waals surface area contributed by atoms with Gasteiger partial charge in [0.1, 0.15) is 12.4 Å². The van der Waals surface area contributed by atoms with Gasteiger partial charge in [0.15, 0.2) is 0 Å². The molecular weight excluding hydrogens is 246 g/mol. The molecule has 0 heterocycles. The molecule has 0 spiro atoms. The standard InChI is InChI=1S/C18H29NO/c1-14(2)15-9-11-17(12-10-15)20-13-18(19-3)16-7-5-4-6-8-16/h9-12,14,16,18-19H,4-8,13H2,1-3H3. The summed E-state index contributed by atoms with van der Waals surface area (Å²) in [6, 6.07) is 9.04. The summed E-state index contributed by atoms with van der Waals surface area (Å²) in [6.07, 6.45) is 6.87. The lowest BCUT2D eigenvalue weighted by molar-refractivity contribution is 0.192. The first kappa shape index (κ1) is 15.4. The molecule has 0 saturated heterocycles. The maximum atomic E-state index is 5.98. The lowest BCUT2D eigenvalue weighted by Crippen LogP contribution is -2.39. The highest BCUT2D eigenvalue weighted by atomic mass is 16.5. The molecular formula is C18H29NO. The molecule has 2 heteroatoms. The fourth-order valence-corrected chi connectivity index (χ4v) is 3.13. The molecule has 0 bridgehead atoms. The number of rotatable bonds is 6. The van der Waals surface area contributed by atoms with E-state index < -0.39 is 0 Å². The van der Waals surface area contributed by atoms with Crippen LogP contribution in [-0.2, 0) is 0 Å². The molecule has 1 N–H and O–H groups in total. The summed E-state index contributed by atoms with van der Waals surface area (Å²) in [7, 11) is 2.06. The Morgan fingerprint density at radius 2 is 1.75 bits per heavy atom. The Balaban J connectivity index is 1.85. The van der Waals surface area contributed by atoms with Gasteiger partial charge in [-0.3, -0.25) is 0 Å². The molecule has 1 atom stereocenters. The van der Waals surface area contributed by atoms with Crippen LogP contribution in [0.5, 0.6) is 5.75 Å². The summed E-state index contributed by atoms with van der Waals surface area (Å²) in [4.78, 5) is 0. The smallest absolute Gasteiger partial charge is 0.119 e. The van der Waals surface area contributed by atoms with Gasteiger partial charge >= 0.3 is 0 Å². The van der Waals surface area contributed by atoms with Crippen molar-refractivity contribution in [3.05, 3.63) is 29.8 Å². The molecule has 1 aromatic carbocycles. The van der Waals surface area contributed by atoms with Crippen LogP contribution in [0.4, 0.5) is 0 Å². The highest BCUT2D eigenvalue weighted by Crippen LogP contribution is 2.27. The zero-order valence-electron chi connectivity index (χ0n) is 13.2. The monoisotopic (exact) mass is 275 g/mol. The molecule has 1 aromatic rings. The fourth-order valence-electron chi connectivity index (χ4n) is 3.13. The maximum Gasteiger partial charge on any atom is 0.119 e. The minimum Gasteiger partial charge on any atom is -0.492 e. The Hall–Kier alpha value is -1.02. The van der Waals surface area contributed by atoms with E-state index in [1.165, 1.54) is 37.7 Å². The fraction of sp³-hybridized carbons (Fsp3) is 0.667. The molecule has 112 valence electrons. The average molecular weight is 275 g/mol. The third-order valence-electron chi connectivity index (χ3n) is 4.57. The SMILES string of the molecule is CNC(COc1ccc(C(C)C)cc1)C1CCCCC1. The first-order valence-corrected chi connectivity index (χ1v) is 8.10. The summed E-state index contributed by atoms with van der Waals surface area (Å²) in [5.41, 5.74) is 1.37. The molecule has 1 fully saturated rings. The van der Waals surface area contributed by atoms with Crippen molar-refractivity contribution in [2.24, 2.45) is 5.92 Å². The van der Waals surface area contributed by atoms with Crippen molar-refractivity contribution in [1.29, 1.82) is 0 Å². The van der Waals surface area contributed by atoms with Crippen LogP contribution < -0.4 is 10.1 Å². The Morgan fingerprint density at radius 3 is 2.30 bits per heavy atom. The van der Waals surface area contributed by atoms with E-state index in [9.17, 15) is 0 Å². The number of hydrogen-bond donors (Lipinski definition) is 1. The van der Waals surface area contributed by atoms with Crippen LogP contribution in [0.25, 0.3) is 0 Å². The largest absolute Gasteiger partial charge is 0.492 e. The summed E-state index contributed by atoms with van der Waals surface area (Å²) >= 11 is 0. The quantitative estimate of drug-likeness (QED) is 0.833. The van der Waals surface area contributed by atoms with Gasteiger partial charge in [0, 0.05) is 6.04 Å². The normalized spacial score (nSPS) is 18.2. The first-order valence-electron chi connectivity index (χ1n) is 8.10. The van der Waals surface area contributed by atoms with Crippen LogP contribution in [0.1, 0.15) is 57.4 Å².